The Morgan fingerprint density at radius 3 is 2.48 bits per heavy atom. The zero-order valence-corrected chi connectivity index (χ0v) is 13.2. The highest BCUT2D eigenvalue weighted by Gasteiger charge is 2.29. The Kier molecular flexibility index (Phi) is 4.39. The zero-order valence-electron chi connectivity index (χ0n) is 12.4. The molecule has 1 heterocycles. The summed E-state index contributed by atoms with van der Waals surface area (Å²) in [5, 5.41) is 9.15. The molecule has 0 amide bonds. The van der Waals surface area contributed by atoms with Crippen LogP contribution in [-0.2, 0) is 14.6 Å². The third-order valence-corrected chi connectivity index (χ3v) is 5.73. The monoisotopic (exact) mass is 312 g/mol. The average Bonchev–Trinajstić information content (AvgIpc) is 2.72. The van der Waals surface area contributed by atoms with E-state index in [1.165, 1.54) is 6.07 Å². The van der Waals surface area contributed by atoms with Crippen LogP contribution in [0.2, 0.25) is 0 Å². The lowest BCUT2D eigenvalue weighted by Gasteiger charge is -2.14. The number of ether oxygens (including phenoxy) is 1. The van der Waals surface area contributed by atoms with E-state index in [0.29, 0.717) is 11.1 Å². The predicted molar refractivity (Wildman–Crippen MR) is 78.5 cm³/mol. The van der Waals surface area contributed by atoms with Crippen molar-refractivity contribution in [1.29, 1.82) is 0 Å². The number of sulfone groups is 1. The first-order chi connectivity index (χ1) is 9.70. The molecule has 0 radical (unpaired) electrons. The second kappa shape index (κ2) is 5.77. The van der Waals surface area contributed by atoms with E-state index in [1.54, 1.807) is 19.9 Å². The van der Waals surface area contributed by atoms with Gasteiger partial charge in [-0.15, -0.1) is 0 Å². The topological polar surface area (TPSA) is 80.7 Å². The van der Waals surface area contributed by atoms with Crippen LogP contribution >= 0.6 is 0 Å². The summed E-state index contributed by atoms with van der Waals surface area (Å²) in [5.74, 6) is -1.21. The number of hydrogen-bond donors (Lipinski definition) is 1. The summed E-state index contributed by atoms with van der Waals surface area (Å²) in [5.41, 5.74) is 1.16. The highest BCUT2D eigenvalue weighted by Crippen LogP contribution is 2.26. The minimum absolute atomic E-state index is 0.0277. The highest BCUT2D eigenvalue weighted by molar-refractivity contribution is 7.91. The zero-order chi connectivity index (χ0) is 15.8. The van der Waals surface area contributed by atoms with Crippen molar-refractivity contribution in [3.8, 4) is 0 Å². The van der Waals surface area contributed by atoms with Crippen LogP contribution in [0, 0.1) is 13.8 Å². The second-order valence-electron chi connectivity index (χ2n) is 5.67. The Morgan fingerprint density at radius 2 is 1.95 bits per heavy atom. The van der Waals surface area contributed by atoms with E-state index < -0.39 is 15.8 Å². The Bertz CT molecular complexity index is 663. The molecule has 0 aromatic heterocycles. The summed E-state index contributed by atoms with van der Waals surface area (Å²) in [6, 6.07) is 2.87. The van der Waals surface area contributed by atoms with Gasteiger partial charge < -0.3 is 9.84 Å². The van der Waals surface area contributed by atoms with Crippen molar-refractivity contribution in [2.24, 2.45) is 0 Å². The van der Waals surface area contributed by atoms with E-state index in [-0.39, 0.29) is 28.4 Å². The standard InChI is InChI=1S/C15H20O5S/c1-9-6-10(2)14(7-13(9)15(16)17)21(18,19)8-12-5-4-11(3)20-12/h6-7,11-12H,4-5,8H2,1-3H3,(H,16,17). The quantitative estimate of drug-likeness (QED) is 0.923. The lowest BCUT2D eigenvalue weighted by atomic mass is 10.1. The summed E-state index contributed by atoms with van der Waals surface area (Å²) in [6.45, 7) is 5.27. The van der Waals surface area contributed by atoms with Crippen molar-refractivity contribution >= 4 is 15.8 Å². The van der Waals surface area contributed by atoms with Crippen LogP contribution in [0.25, 0.3) is 0 Å². The molecular formula is C15H20O5S. The van der Waals surface area contributed by atoms with Crippen LogP contribution in [0.1, 0.15) is 41.3 Å². The molecule has 2 rings (SSSR count). The molecule has 21 heavy (non-hydrogen) atoms. The molecule has 1 saturated heterocycles. The first kappa shape index (κ1) is 16.0. The van der Waals surface area contributed by atoms with Crippen molar-refractivity contribution in [2.45, 2.75) is 50.7 Å². The van der Waals surface area contributed by atoms with Crippen LogP contribution in [0.4, 0.5) is 0 Å². The van der Waals surface area contributed by atoms with Gasteiger partial charge in [0.15, 0.2) is 9.84 Å². The fourth-order valence-electron chi connectivity index (χ4n) is 2.74. The van der Waals surface area contributed by atoms with Gasteiger partial charge in [0.25, 0.3) is 0 Å². The van der Waals surface area contributed by atoms with Gasteiger partial charge in [-0.2, -0.15) is 0 Å². The van der Waals surface area contributed by atoms with Crippen LogP contribution in [0.15, 0.2) is 17.0 Å². The molecule has 0 spiro atoms. The molecular weight excluding hydrogens is 292 g/mol. The van der Waals surface area contributed by atoms with Crippen LogP contribution in [-0.4, -0.2) is 37.5 Å². The second-order valence-corrected chi connectivity index (χ2v) is 7.67. The summed E-state index contributed by atoms with van der Waals surface area (Å²) < 4.78 is 30.6. The van der Waals surface area contributed by atoms with Crippen LogP contribution in [0.5, 0.6) is 0 Å². The largest absolute Gasteiger partial charge is 0.478 e. The van der Waals surface area contributed by atoms with Gasteiger partial charge in [-0.3, -0.25) is 0 Å². The van der Waals surface area contributed by atoms with E-state index in [1.807, 2.05) is 6.92 Å². The van der Waals surface area contributed by atoms with E-state index in [9.17, 15) is 13.2 Å². The number of carboxylic acid groups (broad SMARTS) is 1. The van der Waals surface area contributed by atoms with Gasteiger partial charge in [0.05, 0.1) is 28.4 Å². The molecule has 1 aromatic rings. The van der Waals surface area contributed by atoms with Gasteiger partial charge in [-0.25, -0.2) is 13.2 Å². The van der Waals surface area contributed by atoms with Gasteiger partial charge in [0.2, 0.25) is 0 Å². The fourth-order valence-corrected chi connectivity index (χ4v) is 4.50. The maximum absolute atomic E-state index is 12.5. The molecule has 0 aliphatic carbocycles. The first-order valence-electron chi connectivity index (χ1n) is 6.93. The van der Waals surface area contributed by atoms with E-state index in [0.717, 1.165) is 12.8 Å². The normalized spacial score (nSPS) is 22.4. The maximum atomic E-state index is 12.5. The van der Waals surface area contributed by atoms with Crippen molar-refractivity contribution in [1.82, 2.24) is 0 Å². The molecule has 116 valence electrons. The fraction of sp³-hybridized carbons (Fsp3) is 0.533. The van der Waals surface area contributed by atoms with Gasteiger partial charge in [0.1, 0.15) is 0 Å². The van der Waals surface area contributed by atoms with Gasteiger partial charge in [-0.1, -0.05) is 6.07 Å². The van der Waals surface area contributed by atoms with Crippen LogP contribution < -0.4 is 0 Å². The molecule has 2 unspecified atom stereocenters. The van der Waals surface area contributed by atoms with Crippen molar-refractivity contribution < 1.29 is 23.1 Å². The number of aryl methyl sites for hydroxylation is 2. The van der Waals surface area contributed by atoms with Gasteiger partial charge in [0, 0.05) is 0 Å². The summed E-state index contributed by atoms with van der Waals surface area (Å²) in [7, 11) is -3.56. The lowest BCUT2D eigenvalue weighted by molar-refractivity contribution is 0.0688. The Hall–Kier alpha value is -1.40. The van der Waals surface area contributed by atoms with E-state index in [2.05, 4.69) is 0 Å². The van der Waals surface area contributed by atoms with Gasteiger partial charge >= 0.3 is 5.97 Å². The third kappa shape index (κ3) is 3.44. The number of carbonyl (C=O) groups is 1. The summed E-state index contributed by atoms with van der Waals surface area (Å²) >= 11 is 0. The minimum Gasteiger partial charge on any atom is -0.478 e. The SMILES string of the molecule is Cc1cc(C)c(S(=O)(=O)CC2CCC(C)O2)cc1C(=O)O. The lowest BCUT2D eigenvalue weighted by Crippen LogP contribution is -2.22. The number of rotatable bonds is 4. The smallest absolute Gasteiger partial charge is 0.335 e. The Labute approximate surface area is 124 Å². The molecule has 5 nitrogen and oxygen atoms in total. The number of aromatic carboxylic acids is 1. The first-order valence-corrected chi connectivity index (χ1v) is 8.58. The van der Waals surface area contributed by atoms with E-state index in [4.69, 9.17) is 9.84 Å². The number of carboxylic acids is 1. The molecule has 0 saturated carbocycles. The van der Waals surface area contributed by atoms with Crippen molar-refractivity contribution in [2.75, 3.05) is 5.75 Å². The van der Waals surface area contributed by atoms with Gasteiger partial charge in [-0.05, 0) is 50.8 Å². The minimum atomic E-state index is -3.56. The molecule has 1 aliphatic heterocycles. The number of benzene rings is 1. The van der Waals surface area contributed by atoms with E-state index >= 15 is 0 Å². The molecule has 6 heteroatoms. The third-order valence-electron chi connectivity index (χ3n) is 3.81. The van der Waals surface area contributed by atoms with Crippen LogP contribution in [0.3, 0.4) is 0 Å². The molecule has 1 aromatic carbocycles. The average molecular weight is 312 g/mol. The van der Waals surface area contributed by atoms with Crippen molar-refractivity contribution in [3.63, 3.8) is 0 Å². The molecule has 0 bridgehead atoms. The Balaban J connectivity index is 2.35. The maximum Gasteiger partial charge on any atom is 0.335 e. The molecule has 2 atom stereocenters. The highest BCUT2D eigenvalue weighted by atomic mass is 32.2. The summed E-state index contributed by atoms with van der Waals surface area (Å²) in [6.07, 6.45) is 1.35. The predicted octanol–water partition coefficient (Wildman–Crippen LogP) is 2.34. The Morgan fingerprint density at radius 1 is 1.29 bits per heavy atom. The molecule has 1 N–H and O–H groups in total. The summed E-state index contributed by atoms with van der Waals surface area (Å²) in [4.78, 5) is 11.3. The number of hydrogen-bond acceptors (Lipinski definition) is 4. The molecule has 1 fully saturated rings. The van der Waals surface area contributed by atoms with Crippen molar-refractivity contribution in [3.05, 3.63) is 28.8 Å². The molecule has 1 aliphatic rings.